The summed E-state index contributed by atoms with van der Waals surface area (Å²) in [6.07, 6.45) is 7.99. The highest BCUT2D eigenvalue weighted by Gasteiger charge is 2.33. The Hall–Kier alpha value is -4.78. The summed E-state index contributed by atoms with van der Waals surface area (Å²) in [7, 11) is 5.45. The smallest absolute Gasteiger partial charge is 0.264 e. The number of carbonyl (C=O) groups is 3. The van der Waals surface area contributed by atoms with Crippen LogP contribution in [0.5, 0.6) is 5.75 Å². The second-order valence-electron chi connectivity index (χ2n) is 16.5. The van der Waals surface area contributed by atoms with Gasteiger partial charge in [0.1, 0.15) is 12.0 Å². The molecular formula is C44H59F2N7O4. The Morgan fingerprint density at radius 3 is 2.35 bits per heavy atom. The van der Waals surface area contributed by atoms with E-state index in [-0.39, 0.29) is 35.4 Å². The molecule has 6 rings (SSSR count). The van der Waals surface area contributed by atoms with Gasteiger partial charge >= 0.3 is 0 Å². The first-order valence-corrected chi connectivity index (χ1v) is 20.4. The van der Waals surface area contributed by atoms with Crippen LogP contribution >= 0.6 is 0 Å². The first-order chi connectivity index (χ1) is 27.3. The molecule has 0 bridgehead atoms. The molecule has 0 radical (unpaired) electrons. The van der Waals surface area contributed by atoms with Crippen LogP contribution < -0.4 is 19.9 Å². The number of methoxy groups -OCH3 is 1. The molecule has 2 aromatic carbocycles. The fourth-order valence-electron chi connectivity index (χ4n) is 8.34. The van der Waals surface area contributed by atoms with Crippen molar-refractivity contribution >= 4 is 41.2 Å². The van der Waals surface area contributed by atoms with E-state index in [9.17, 15) is 14.4 Å². The molecule has 2 amide bonds. The summed E-state index contributed by atoms with van der Waals surface area (Å²) in [6, 6.07) is 7.52. The van der Waals surface area contributed by atoms with Crippen LogP contribution in [-0.2, 0) is 20.8 Å². The number of nitrogens with zero attached hydrogens (tertiary/aromatic N) is 6. The van der Waals surface area contributed by atoms with Gasteiger partial charge in [-0.25, -0.2) is 8.78 Å². The number of aromatic nitrogens is 2. The first-order valence-electron chi connectivity index (χ1n) is 20.4. The van der Waals surface area contributed by atoms with Crippen LogP contribution in [0.2, 0.25) is 0 Å². The summed E-state index contributed by atoms with van der Waals surface area (Å²) in [6.45, 7) is 11.6. The Labute approximate surface area is 336 Å². The Kier molecular flexibility index (Phi) is 13.4. The summed E-state index contributed by atoms with van der Waals surface area (Å²) in [5, 5.41) is 7.74. The van der Waals surface area contributed by atoms with Crippen molar-refractivity contribution in [1.29, 1.82) is 0 Å². The molecule has 308 valence electrons. The minimum atomic E-state index is -2.72. The van der Waals surface area contributed by atoms with Crippen molar-refractivity contribution in [3.63, 3.8) is 0 Å². The molecule has 3 aliphatic rings. The van der Waals surface area contributed by atoms with Crippen molar-refractivity contribution in [3.05, 3.63) is 58.9 Å². The molecule has 0 spiro atoms. The van der Waals surface area contributed by atoms with Crippen molar-refractivity contribution in [3.8, 4) is 16.9 Å². The standard InChI is InChI=1S/C44H59F2N7O4/c1-28(2)30(4)48-42(55)26-50-15-10-31(11-16-50)44(56)51-17-12-34(13-18-51)53-25-33(24-47-53)36-20-32-9-8-14-52(39(32)23-37(36)43(45)46)41-22-35(57-7)21-40(49(5)6)38(41)19-29(3)27-54/h19-25,27-28,30-31,34,43H,8-18,26H2,1-7H3,(H,48,55)/b29-19-. The minimum Gasteiger partial charge on any atom is -0.497 e. The Morgan fingerprint density at radius 1 is 1.00 bits per heavy atom. The van der Waals surface area contributed by atoms with E-state index in [0.29, 0.717) is 60.2 Å². The number of likely N-dealkylation sites (tertiary alicyclic amines) is 2. The summed E-state index contributed by atoms with van der Waals surface area (Å²) < 4.78 is 37.6. The van der Waals surface area contributed by atoms with Crippen LogP contribution in [0.15, 0.2) is 42.2 Å². The van der Waals surface area contributed by atoms with Gasteiger partial charge < -0.3 is 24.8 Å². The maximum atomic E-state index is 15.0. The van der Waals surface area contributed by atoms with Crippen molar-refractivity contribution in [2.45, 2.75) is 84.7 Å². The van der Waals surface area contributed by atoms with Gasteiger partial charge in [0, 0.05) is 92.1 Å². The largest absolute Gasteiger partial charge is 0.497 e. The molecule has 57 heavy (non-hydrogen) atoms. The third-order valence-electron chi connectivity index (χ3n) is 12.0. The Balaban J connectivity index is 1.15. The number of piperidine rings is 2. The van der Waals surface area contributed by atoms with E-state index in [1.807, 2.05) is 66.0 Å². The number of rotatable bonds is 13. The highest BCUT2D eigenvalue weighted by Crippen LogP contribution is 2.45. The van der Waals surface area contributed by atoms with Crippen LogP contribution in [0, 0.1) is 11.8 Å². The normalized spacial score (nSPS) is 17.8. The van der Waals surface area contributed by atoms with Crippen molar-refractivity contribution in [2.75, 3.05) is 70.3 Å². The molecule has 1 unspecified atom stereocenters. The highest BCUT2D eigenvalue weighted by molar-refractivity contribution is 5.91. The number of anilines is 3. The van der Waals surface area contributed by atoms with Crippen LogP contribution in [0.3, 0.4) is 0 Å². The lowest BCUT2D eigenvalue weighted by Crippen LogP contribution is -2.48. The number of fused-ring (bicyclic) bond motifs is 1. The van der Waals surface area contributed by atoms with Gasteiger partial charge in [-0.15, -0.1) is 0 Å². The molecule has 11 nitrogen and oxygen atoms in total. The number of nitrogens with one attached hydrogen (secondary N) is 1. The number of allylic oxidation sites excluding steroid dienone is 1. The predicted octanol–water partition coefficient (Wildman–Crippen LogP) is 7.29. The average Bonchev–Trinajstić information content (AvgIpc) is 3.70. The summed E-state index contributed by atoms with van der Waals surface area (Å²) in [4.78, 5) is 45.9. The third kappa shape index (κ3) is 9.51. The molecular weight excluding hydrogens is 729 g/mol. The van der Waals surface area contributed by atoms with Gasteiger partial charge in [0.25, 0.3) is 6.43 Å². The lowest BCUT2D eigenvalue weighted by molar-refractivity contribution is -0.138. The number of amides is 2. The van der Waals surface area contributed by atoms with Gasteiger partial charge in [0.05, 0.1) is 31.6 Å². The Bertz CT molecular complexity index is 1940. The third-order valence-corrected chi connectivity index (χ3v) is 12.0. The number of benzene rings is 2. The molecule has 2 saturated heterocycles. The number of ether oxygens (including phenoxy) is 1. The first kappa shape index (κ1) is 41.8. The monoisotopic (exact) mass is 787 g/mol. The fraction of sp³-hybridized carbons (Fsp3) is 0.545. The molecule has 1 aromatic heterocycles. The van der Waals surface area contributed by atoms with E-state index >= 15 is 8.78 Å². The van der Waals surface area contributed by atoms with E-state index in [1.54, 1.807) is 26.3 Å². The van der Waals surface area contributed by atoms with Gasteiger partial charge in [-0.3, -0.25) is 24.0 Å². The maximum Gasteiger partial charge on any atom is 0.264 e. The van der Waals surface area contributed by atoms with Crippen LogP contribution in [0.1, 0.15) is 89.0 Å². The number of hydrogen-bond donors (Lipinski definition) is 1. The lowest BCUT2D eigenvalue weighted by atomic mass is 9.92. The fourth-order valence-corrected chi connectivity index (χ4v) is 8.34. The van der Waals surface area contributed by atoms with Gasteiger partial charge in [-0.2, -0.15) is 5.10 Å². The highest BCUT2D eigenvalue weighted by atomic mass is 19.3. The van der Waals surface area contributed by atoms with Crippen LogP contribution in [0.4, 0.5) is 25.8 Å². The molecule has 4 heterocycles. The number of halogens is 2. The molecule has 1 N–H and O–H groups in total. The van der Waals surface area contributed by atoms with Crippen LogP contribution in [0.25, 0.3) is 17.2 Å². The molecule has 3 aliphatic heterocycles. The quantitative estimate of drug-likeness (QED) is 0.143. The zero-order valence-corrected chi connectivity index (χ0v) is 34.6. The number of hydrogen-bond acceptors (Lipinski definition) is 8. The molecule has 1 atom stereocenters. The van der Waals surface area contributed by atoms with E-state index in [2.05, 4.69) is 34.1 Å². The molecule has 0 saturated carbocycles. The van der Waals surface area contributed by atoms with Gasteiger partial charge in [-0.1, -0.05) is 13.8 Å². The van der Waals surface area contributed by atoms with Crippen LogP contribution in [-0.4, -0.2) is 104 Å². The number of alkyl halides is 2. The zero-order valence-electron chi connectivity index (χ0n) is 34.6. The van der Waals surface area contributed by atoms with Crippen molar-refractivity contribution < 1.29 is 27.9 Å². The van der Waals surface area contributed by atoms with E-state index in [0.717, 1.165) is 80.4 Å². The summed E-state index contributed by atoms with van der Waals surface area (Å²) >= 11 is 0. The SMILES string of the molecule is COc1cc(N(C)C)c(/C=C(/C)C=O)c(N2CCCc3cc(-c4cnn(C5CCN(C(=O)C6CCN(CC(=O)NC(C)C(C)C)CC6)CC5)c4)c(C(F)F)cc32)c1. The second-order valence-corrected chi connectivity index (χ2v) is 16.5. The van der Waals surface area contributed by atoms with Gasteiger partial charge in [0.15, 0.2) is 0 Å². The maximum absolute atomic E-state index is 15.0. The van der Waals surface area contributed by atoms with E-state index < -0.39 is 6.43 Å². The Morgan fingerprint density at radius 2 is 1.72 bits per heavy atom. The van der Waals surface area contributed by atoms with Crippen molar-refractivity contribution in [2.24, 2.45) is 11.8 Å². The topological polar surface area (TPSA) is 103 Å². The van der Waals surface area contributed by atoms with E-state index in [1.165, 1.54) is 0 Å². The number of carbonyl (C=O) groups excluding carboxylic acids is 3. The van der Waals surface area contributed by atoms with Gasteiger partial charge in [-0.05, 0) is 106 Å². The summed E-state index contributed by atoms with van der Waals surface area (Å²) in [5.41, 5.74) is 5.73. The predicted molar refractivity (Wildman–Crippen MR) is 221 cm³/mol. The van der Waals surface area contributed by atoms with E-state index in [4.69, 9.17) is 4.74 Å². The number of aldehydes is 1. The lowest BCUT2D eigenvalue weighted by Gasteiger charge is -2.37. The second kappa shape index (κ2) is 18.2. The molecule has 0 aliphatic carbocycles. The van der Waals surface area contributed by atoms with Crippen molar-refractivity contribution in [1.82, 2.24) is 24.9 Å². The number of aryl methyl sites for hydroxylation is 1. The molecule has 13 heteroatoms. The minimum absolute atomic E-state index is 0.0337. The zero-order chi connectivity index (χ0) is 41.0. The summed E-state index contributed by atoms with van der Waals surface area (Å²) in [5.74, 6) is 1.18. The van der Waals surface area contributed by atoms with Gasteiger partial charge in [0.2, 0.25) is 11.8 Å². The molecule has 2 fully saturated rings. The molecule has 3 aromatic rings. The average molecular weight is 788 g/mol.